The number of benzene rings is 2. The number of para-hydroxylation sites is 1. The molecule has 19 heavy (non-hydrogen) atoms. The van der Waals surface area contributed by atoms with Crippen molar-refractivity contribution in [2.45, 2.75) is 0 Å². The number of hydrogen-bond donors (Lipinski definition) is 2. The first-order chi connectivity index (χ1) is 9.06. The molecule has 2 aromatic rings. The van der Waals surface area contributed by atoms with Gasteiger partial charge in [0.05, 0.1) is 10.7 Å². The molecule has 0 saturated carbocycles. The van der Waals surface area contributed by atoms with Gasteiger partial charge in [0, 0.05) is 10.2 Å². The lowest BCUT2D eigenvalue weighted by atomic mass is 10.3. The van der Waals surface area contributed by atoms with E-state index < -0.39 is 0 Å². The van der Waals surface area contributed by atoms with Gasteiger partial charge < -0.3 is 10.6 Å². The maximum Gasteiger partial charge on any atom is 0.175 e. The number of rotatable bonds is 2. The minimum Gasteiger partial charge on any atom is -0.332 e. The average Bonchev–Trinajstić information content (AvgIpc) is 2.37. The molecule has 0 spiro atoms. The summed E-state index contributed by atoms with van der Waals surface area (Å²) < 4.78 is 14.2. The summed E-state index contributed by atoms with van der Waals surface area (Å²) in [4.78, 5) is 0. The van der Waals surface area contributed by atoms with Crippen LogP contribution in [0.4, 0.5) is 15.8 Å². The summed E-state index contributed by atoms with van der Waals surface area (Å²) in [5, 5.41) is 6.58. The van der Waals surface area contributed by atoms with Crippen LogP contribution in [-0.2, 0) is 0 Å². The van der Waals surface area contributed by atoms with E-state index in [2.05, 4.69) is 26.6 Å². The summed E-state index contributed by atoms with van der Waals surface area (Å²) in [7, 11) is 0. The summed E-state index contributed by atoms with van der Waals surface area (Å²) in [5.41, 5.74) is 1.05. The van der Waals surface area contributed by atoms with E-state index in [0.29, 0.717) is 15.8 Å². The van der Waals surface area contributed by atoms with Gasteiger partial charge in [0.1, 0.15) is 5.82 Å². The second-order valence-corrected chi connectivity index (χ2v) is 5.36. The first-order valence-electron chi connectivity index (χ1n) is 5.34. The molecule has 2 N–H and O–H groups in total. The smallest absolute Gasteiger partial charge is 0.175 e. The summed E-state index contributed by atoms with van der Waals surface area (Å²) in [6.45, 7) is 0. The molecule has 0 bridgehead atoms. The van der Waals surface area contributed by atoms with Gasteiger partial charge in [0.25, 0.3) is 0 Å². The van der Waals surface area contributed by atoms with Crippen LogP contribution in [-0.4, -0.2) is 5.11 Å². The van der Waals surface area contributed by atoms with Crippen LogP contribution in [0.3, 0.4) is 0 Å². The lowest BCUT2D eigenvalue weighted by Crippen LogP contribution is -2.19. The van der Waals surface area contributed by atoms with Crippen LogP contribution in [0.1, 0.15) is 0 Å². The fourth-order valence-corrected chi connectivity index (χ4v) is 2.08. The van der Waals surface area contributed by atoms with Gasteiger partial charge in [-0.1, -0.05) is 23.7 Å². The summed E-state index contributed by atoms with van der Waals surface area (Å²) in [6.07, 6.45) is 0. The largest absolute Gasteiger partial charge is 0.332 e. The predicted molar refractivity (Wildman–Crippen MR) is 85.4 cm³/mol. The van der Waals surface area contributed by atoms with E-state index in [4.69, 9.17) is 23.8 Å². The molecule has 0 aromatic heterocycles. The number of thiocarbonyl (C=S) groups is 1. The molecule has 0 radical (unpaired) electrons. The third kappa shape index (κ3) is 3.89. The Hall–Kier alpha value is -1.17. The molecule has 98 valence electrons. The van der Waals surface area contributed by atoms with Crippen LogP contribution in [0.5, 0.6) is 0 Å². The molecular weight excluding hydrogens is 351 g/mol. The van der Waals surface area contributed by atoms with Crippen molar-refractivity contribution in [2.24, 2.45) is 0 Å². The van der Waals surface area contributed by atoms with Crippen molar-refractivity contribution in [3.05, 3.63) is 57.8 Å². The fraction of sp³-hybridized carbons (Fsp3) is 0. The molecule has 0 aliphatic carbocycles. The second-order valence-electron chi connectivity index (χ2n) is 3.69. The van der Waals surface area contributed by atoms with E-state index in [0.717, 1.165) is 10.2 Å². The first-order valence-corrected chi connectivity index (χ1v) is 6.92. The van der Waals surface area contributed by atoms with E-state index in [1.165, 1.54) is 6.07 Å². The number of anilines is 2. The second kappa shape index (κ2) is 6.32. The standard InChI is InChI=1S/C13H9BrClFN2S/c14-9-6-5-8(7-10(9)15)17-13(19)18-12-4-2-1-3-11(12)16/h1-7H,(H2,17,18,19). The molecule has 6 heteroatoms. The van der Waals surface area contributed by atoms with Crippen molar-refractivity contribution in [2.75, 3.05) is 10.6 Å². The van der Waals surface area contributed by atoms with Crippen LogP contribution in [0.15, 0.2) is 46.9 Å². The Bertz CT molecular complexity index is 621. The van der Waals surface area contributed by atoms with Crippen LogP contribution in [0.25, 0.3) is 0 Å². The van der Waals surface area contributed by atoms with E-state index in [9.17, 15) is 4.39 Å². The Labute approximate surface area is 129 Å². The summed E-state index contributed by atoms with van der Waals surface area (Å²) >= 11 is 14.4. The van der Waals surface area contributed by atoms with Crippen molar-refractivity contribution in [3.63, 3.8) is 0 Å². The number of nitrogens with one attached hydrogen (secondary N) is 2. The maximum absolute atomic E-state index is 13.4. The van der Waals surface area contributed by atoms with Crippen LogP contribution >= 0.6 is 39.7 Å². The van der Waals surface area contributed by atoms with Crippen LogP contribution in [0, 0.1) is 5.82 Å². The quantitative estimate of drug-likeness (QED) is 0.734. The molecule has 0 amide bonds. The monoisotopic (exact) mass is 358 g/mol. The number of halogens is 3. The molecular formula is C13H9BrClFN2S. The molecule has 0 aliphatic rings. The van der Waals surface area contributed by atoms with Gasteiger partial charge in [0.15, 0.2) is 5.11 Å². The van der Waals surface area contributed by atoms with E-state index in [-0.39, 0.29) is 5.82 Å². The molecule has 0 unspecified atom stereocenters. The molecule has 0 aliphatic heterocycles. The number of hydrogen-bond acceptors (Lipinski definition) is 1. The third-order valence-electron chi connectivity index (χ3n) is 2.30. The Morgan fingerprint density at radius 1 is 1.16 bits per heavy atom. The Morgan fingerprint density at radius 2 is 1.89 bits per heavy atom. The molecule has 2 aromatic carbocycles. The van der Waals surface area contributed by atoms with Crippen molar-refractivity contribution in [1.29, 1.82) is 0 Å². The van der Waals surface area contributed by atoms with Crippen molar-refractivity contribution in [1.82, 2.24) is 0 Å². The lowest BCUT2D eigenvalue weighted by molar-refractivity contribution is 0.632. The van der Waals surface area contributed by atoms with Gasteiger partial charge in [-0.25, -0.2) is 4.39 Å². The zero-order chi connectivity index (χ0) is 13.8. The Balaban J connectivity index is 2.05. The minimum absolute atomic E-state index is 0.295. The molecule has 0 atom stereocenters. The van der Waals surface area contributed by atoms with Crippen LogP contribution in [0.2, 0.25) is 5.02 Å². The topological polar surface area (TPSA) is 24.1 Å². The van der Waals surface area contributed by atoms with Crippen molar-refractivity contribution >= 4 is 56.2 Å². The maximum atomic E-state index is 13.4. The van der Waals surface area contributed by atoms with Crippen LogP contribution < -0.4 is 10.6 Å². The molecule has 2 nitrogen and oxygen atoms in total. The van der Waals surface area contributed by atoms with Crippen molar-refractivity contribution < 1.29 is 4.39 Å². The van der Waals surface area contributed by atoms with Gasteiger partial charge in [-0.2, -0.15) is 0 Å². The lowest BCUT2D eigenvalue weighted by Gasteiger charge is -2.11. The third-order valence-corrected chi connectivity index (χ3v) is 3.74. The van der Waals surface area contributed by atoms with E-state index in [1.807, 2.05) is 6.07 Å². The van der Waals surface area contributed by atoms with Gasteiger partial charge in [-0.15, -0.1) is 0 Å². The van der Waals surface area contributed by atoms with E-state index in [1.54, 1.807) is 30.3 Å². The molecule has 0 heterocycles. The average molecular weight is 360 g/mol. The highest BCUT2D eigenvalue weighted by Gasteiger charge is 2.04. The highest BCUT2D eigenvalue weighted by Crippen LogP contribution is 2.25. The van der Waals surface area contributed by atoms with Gasteiger partial charge in [-0.05, 0) is 58.5 Å². The Kier molecular flexibility index (Phi) is 4.74. The Morgan fingerprint density at radius 3 is 2.58 bits per heavy atom. The van der Waals surface area contributed by atoms with Gasteiger partial charge in [0.2, 0.25) is 0 Å². The highest BCUT2D eigenvalue weighted by atomic mass is 79.9. The normalized spacial score (nSPS) is 10.1. The molecule has 0 fully saturated rings. The predicted octanol–water partition coefficient (Wildman–Crippen LogP) is 5.05. The van der Waals surface area contributed by atoms with Gasteiger partial charge >= 0.3 is 0 Å². The summed E-state index contributed by atoms with van der Waals surface area (Å²) in [6, 6.07) is 11.7. The fourth-order valence-electron chi connectivity index (χ4n) is 1.42. The van der Waals surface area contributed by atoms with Crippen molar-refractivity contribution in [3.8, 4) is 0 Å². The molecule has 2 rings (SSSR count). The minimum atomic E-state index is -0.361. The molecule has 0 saturated heterocycles. The zero-order valence-electron chi connectivity index (χ0n) is 9.58. The first kappa shape index (κ1) is 14.2. The zero-order valence-corrected chi connectivity index (χ0v) is 12.7. The van der Waals surface area contributed by atoms with E-state index >= 15 is 0 Å². The van der Waals surface area contributed by atoms with Gasteiger partial charge in [-0.3, -0.25) is 0 Å². The summed E-state index contributed by atoms with van der Waals surface area (Å²) in [5.74, 6) is -0.361. The SMILES string of the molecule is Fc1ccccc1NC(=S)Nc1ccc(Br)c(Cl)c1. The highest BCUT2D eigenvalue weighted by molar-refractivity contribution is 9.10.